The Morgan fingerprint density at radius 2 is 1.03 bits per heavy atom. The van der Waals surface area contributed by atoms with Crippen LogP contribution in [0.3, 0.4) is 0 Å². The van der Waals surface area contributed by atoms with Crippen LogP contribution in [-0.4, -0.2) is 32.5 Å². The molecule has 0 aliphatic carbocycles. The third kappa shape index (κ3) is 8.68. The van der Waals surface area contributed by atoms with Crippen LogP contribution >= 0.6 is 22.7 Å². The summed E-state index contributed by atoms with van der Waals surface area (Å²) in [6.07, 6.45) is -8.17. The Morgan fingerprint density at radius 3 is 1.31 bits per heavy atom. The first-order valence-electron chi connectivity index (χ1n) is 11.3. The maximum absolute atomic E-state index is 12.2. The number of hydrogen-bond donors (Lipinski definition) is 2. The fraction of sp³-hybridized carbons (Fsp3) is 0.308. The number of aromatic nitrogens is 2. The van der Waals surface area contributed by atoms with Gasteiger partial charge in [-0.3, -0.25) is 0 Å². The fourth-order valence-corrected chi connectivity index (χ4v) is 5.06. The molecule has 2 N–H and O–H groups in total. The molecule has 0 saturated heterocycles. The number of fused-ring (bicyclic) bond motifs is 2. The second kappa shape index (κ2) is 12.7. The Kier molecular flexibility index (Phi) is 10.6. The first kappa shape index (κ1) is 32.6. The molecule has 0 fully saturated rings. The van der Waals surface area contributed by atoms with Gasteiger partial charge in [-0.2, -0.15) is 26.3 Å². The molecule has 0 aliphatic rings. The molecule has 214 valence electrons. The summed E-state index contributed by atoms with van der Waals surface area (Å²) in [6.45, 7) is 8.16. The van der Waals surface area contributed by atoms with Crippen LogP contribution in [0, 0.1) is 0 Å². The van der Waals surface area contributed by atoms with E-state index in [0.29, 0.717) is 35.0 Å². The number of aliphatic hydroxyl groups is 2. The summed E-state index contributed by atoms with van der Waals surface area (Å²) < 4.78 is 74.9. The summed E-state index contributed by atoms with van der Waals surface area (Å²) in [7, 11) is 0. The predicted octanol–water partition coefficient (Wildman–Crippen LogP) is 9.76. The van der Waals surface area contributed by atoms with E-state index >= 15 is 0 Å². The average molecular weight is 633 g/mol. The number of allylic oxidation sites excluding steroid dienone is 2. The molecular weight excluding hydrogens is 609 g/mol. The summed E-state index contributed by atoms with van der Waals surface area (Å²) in [5, 5.41) is 18.1. The van der Waals surface area contributed by atoms with Gasteiger partial charge in [-0.15, -0.1) is 22.7 Å². The van der Waals surface area contributed by atoms with Gasteiger partial charge in [-0.1, -0.05) is 39.8 Å². The molecule has 4 aromatic rings. The van der Waals surface area contributed by atoms with E-state index in [4.69, 9.17) is 10.2 Å². The molecule has 39 heavy (non-hydrogen) atoms. The average Bonchev–Trinajstić information content (AvgIpc) is 3.39. The van der Waals surface area contributed by atoms with Crippen LogP contribution in [0.25, 0.3) is 32.6 Å². The Hall–Kier alpha value is -2.63. The van der Waals surface area contributed by atoms with Gasteiger partial charge in [0.25, 0.3) is 0 Å². The number of alkyl halides is 6. The van der Waals surface area contributed by atoms with Crippen molar-refractivity contribution in [2.45, 2.75) is 51.9 Å². The van der Waals surface area contributed by atoms with Crippen molar-refractivity contribution in [2.75, 3.05) is 0 Å². The van der Waals surface area contributed by atoms with Gasteiger partial charge in [0.15, 0.2) is 0 Å². The molecule has 0 saturated carbocycles. The zero-order valence-corrected chi connectivity index (χ0v) is 23.6. The molecule has 2 heterocycles. The molecule has 2 aromatic heterocycles. The SMILES string of the molecule is CC(C)c1ccc2nc(C=C(O)C(F)(F)F)sc2c1.CC(C)c1ccc2nc(C=C(O)C(F)(F)F)sc2c1.[Ni]. The first-order chi connectivity index (χ1) is 17.5. The van der Waals surface area contributed by atoms with Crippen LogP contribution < -0.4 is 0 Å². The fourth-order valence-electron chi connectivity index (χ4n) is 3.16. The summed E-state index contributed by atoms with van der Waals surface area (Å²) in [5.41, 5.74) is 3.48. The Bertz CT molecular complexity index is 1380. The van der Waals surface area contributed by atoms with E-state index in [1.54, 1.807) is 12.1 Å². The van der Waals surface area contributed by atoms with E-state index in [1.807, 2.05) is 52.0 Å². The van der Waals surface area contributed by atoms with Crippen LogP contribution in [0.5, 0.6) is 0 Å². The third-order valence-electron chi connectivity index (χ3n) is 5.29. The Labute approximate surface area is 238 Å². The van der Waals surface area contributed by atoms with E-state index in [1.165, 1.54) is 0 Å². The number of benzene rings is 2. The number of rotatable bonds is 4. The second-order valence-electron chi connectivity index (χ2n) is 8.92. The zero-order chi connectivity index (χ0) is 28.4. The molecule has 13 heteroatoms. The van der Waals surface area contributed by atoms with Crippen molar-refractivity contribution in [1.29, 1.82) is 0 Å². The standard InChI is InChI=1S/2C13H12F3NOS.Ni/c2*1-7(2)8-3-4-9-10(5-8)19-12(17-9)6-11(18)13(14,15)16;/h2*3-7,18H,1-2H3;. The van der Waals surface area contributed by atoms with Gasteiger partial charge >= 0.3 is 12.4 Å². The van der Waals surface area contributed by atoms with E-state index in [9.17, 15) is 26.3 Å². The topological polar surface area (TPSA) is 66.2 Å². The van der Waals surface area contributed by atoms with Gasteiger partial charge in [0.2, 0.25) is 11.5 Å². The molecule has 4 rings (SSSR count). The van der Waals surface area contributed by atoms with Gasteiger partial charge in [0.05, 0.1) is 20.4 Å². The minimum absolute atomic E-state index is 0. The molecule has 0 aliphatic heterocycles. The van der Waals surface area contributed by atoms with Gasteiger partial charge in [0.1, 0.15) is 10.0 Å². The number of nitrogens with zero attached hydrogens (tertiary/aromatic N) is 2. The van der Waals surface area contributed by atoms with Crippen molar-refractivity contribution in [3.05, 3.63) is 69.1 Å². The smallest absolute Gasteiger partial charge is 0.448 e. The molecule has 4 nitrogen and oxygen atoms in total. The number of hydrogen-bond acceptors (Lipinski definition) is 6. The molecular formula is C26H24F6N2NiO2S2. The summed E-state index contributed by atoms with van der Waals surface area (Å²) in [5.74, 6) is -2.57. The summed E-state index contributed by atoms with van der Waals surface area (Å²) in [6, 6.07) is 11.2. The molecule has 0 bridgehead atoms. The zero-order valence-electron chi connectivity index (χ0n) is 21.0. The van der Waals surface area contributed by atoms with Crippen LogP contribution in [0.15, 0.2) is 47.9 Å². The Morgan fingerprint density at radius 1 is 0.692 bits per heavy atom. The molecule has 2 aromatic carbocycles. The molecule has 0 spiro atoms. The van der Waals surface area contributed by atoms with Gasteiger partial charge in [-0.05, 0) is 47.2 Å². The van der Waals surface area contributed by atoms with Crippen LogP contribution in [0.2, 0.25) is 0 Å². The maximum Gasteiger partial charge on any atom is 0.448 e. The maximum atomic E-state index is 12.2. The second-order valence-corrected chi connectivity index (χ2v) is 11.0. The molecule has 0 unspecified atom stereocenters. The first-order valence-corrected chi connectivity index (χ1v) is 12.9. The van der Waals surface area contributed by atoms with E-state index < -0.39 is 23.9 Å². The monoisotopic (exact) mass is 632 g/mol. The largest absolute Gasteiger partial charge is 0.504 e. The van der Waals surface area contributed by atoms with Crippen LogP contribution in [0.1, 0.15) is 60.7 Å². The quantitative estimate of drug-likeness (QED) is 0.133. The van der Waals surface area contributed by atoms with E-state index in [0.717, 1.165) is 43.2 Å². The van der Waals surface area contributed by atoms with Crippen LogP contribution in [-0.2, 0) is 16.5 Å². The number of thiazole rings is 2. The third-order valence-corrected chi connectivity index (χ3v) is 7.22. The van der Waals surface area contributed by atoms with E-state index in [-0.39, 0.29) is 26.5 Å². The van der Waals surface area contributed by atoms with Gasteiger partial charge in [-0.25, -0.2) is 9.97 Å². The van der Waals surface area contributed by atoms with Crippen molar-refractivity contribution in [3.63, 3.8) is 0 Å². The van der Waals surface area contributed by atoms with Crippen molar-refractivity contribution < 1.29 is 53.0 Å². The molecule has 0 radical (unpaired) electrons. The number of aliphatic hydroxyl groups excluding tert-OH is 2. The van der Waals surface area contributed by atoms with E-state index in [2.05, 4.69) is 9.97 Å². The molecule has 0 atom stereocenters. The number of halogens is 6. The van der Waals surface area contributed by atoms with Gasteiger partial charge in [0, 0.05) is 28.6 Å². The van der Waals surface area contributed by atoms with Crippen molar-refractivity contribution in [1.82, 2.24) is 9.97 Å². The normalized spacial score (nSPS) is 13.1. The summed E-state index contributed by atoms with van der Waals surface area (Å²) >= 11 is 2.25. The predicted molar refractivity (Wildman–Crippen MR) is 141 cm³/mol. The summed E-state index contributed by atoms with van der Waals surface area (Å²) in [4.78, 5) is 8.10. The van der Waals surface area contributed by atoms with Crippen LogP contribution in [0.4, 0.5) is 26.3 Å². The van der Waals surface area contributed by atoms with Crippen molar-refractivity contribution in [2.24, 2.45) is 0 Å². The molecule has 0 amide bonds. The van der Waals surface area contributed by atoms with Crippen molar-refractivity contribution >= 4 is 55.3 Å². The minimum atomic E-state index is -4.74. The Balaban J connectivity index is 0.000000267. The van der Waals surface area contributed by atoms with Crippen molar-refractivity contribution in [3.8, 4) is 0 Å². The minimum Gasteiger partial charge on any atom is -0.504 e. The van der Waals surface area contributed by atoms with Gasteiger partial charge < -0.3 is 10.2 Å².